The molecule has 0 aromatic heterocycles. The summed E-state index contributed by atoms with van der Waals surface area (Å²) in [4.78, 5) is 11.6. The maximum atomic E-state index is 11.6. The van der Waals surface area contributed by atoms with Crippen molar-refractivity contribution >= 4 is 5.78 Å². The van der Waals surface area contributed by atoms with Gasteiger partial charge in [0.05, 0.1) is 0 Å². The quantitative estimate of drug-likeness (QED) is 0.700. The van der Waals surface area contributed by atoms with Crippen LogP contribution in [0.3, 0.4) is 0 Å². The Labute approximate surface area is 79.4 Å². The third-order valence-corrected chi connectivity index (χ3v) is 3.14. The third-order valence-electron chi connectivity index (χ3n) is 3.14. The average molecular weight is 179 g/mol. The molecule has 2 aliphatic heterocycles. The monoisotopic (exact) mass is 179 g/mol. The first kappa shape index (κ1) is 8.95. The van der Waals surface area contributed by atoms with E-state index in [1.165, 1.54) is 12.8 Å². The van der Waals surface area contributed by atoms with Crippen LogP contribution in [-0.4, -0.2) is 17.9 Å². The van der Waals surface area contributed by atoms with Gasteiger partial charge in [0, 0.05) is 24.1 Å². The van der Waals surface area contributed by atoms with Crippen molar-refractivity contribution in [1.82, 2.24) is 5.32 Å². The molecular weight excluding hydrogens is 162 g/mol. The van der Waals surface area contributed by atoms with Gasteiger partial charge in [-0.1, -0.05) is 13.0 Å². The van der Waals surface area contributed by atoms with Gasteiger partial charge in [0.1, 0.15) is 0 Å². The smallest absolute Gasteiger partial charge is 0.159 e. The zero-order valence-corrected chi connectivity index (χ0v) is 8.18. The second kappa shape index (κ2) is 3.62. The van der Waals surface area contributed by atoms with Crippen molar-refractivity contribution in [1.29, 1.82) is 0 Å². The minimum absolute atomic E-state index is 0.333. The summed E-state index contributed by atoms with van der Waals surface area (Å²) in [6.07, 6.45) is 7.49. The molecule has 2 atom stereocenters. The van der Waals surface area contributed by atoms with Gasteiger partial charge in [-0.3, -0.25) is 4.79 Å². The Balaban J connectivity index is 2.16. The van der Waals surface area contributed by atoms with Gasteiger partial charge in [-0.2, -0.15) is 0 Å². The molecule has 2 rings (SSSR count). The van der Waals surface area contributed by atoms with Crippen LogP contribution in [0.4, 0.5) is 0 Å². The lowest BCUT2D eigenvalue weighted by Crippen LogP contribution is -2.31. The zero-order valence-electron chi connectivity index (χ0n) is 8.18. The van der Waals surface area contributed by atoms with Crippen LogP contribution in [0.15, 0.2) is 11.6 Å². The first-order chi connectivity index (χ1) is 6.31. The Morgan fingerprint density at radius 1 is 1.54 bits per heavy atom. The van der Waals surface area contributed by atoms with E-state index in [-0.39, 0.29) is 0 Å². The second-order valence-electron chi connectivity index (χ2n) is 4.01. The fourth-order valence-electron chi connectivity index (χ4n) is 2.39. The van der Waals surface area contributed by atoms with E-state index in [9.17, 15) is 4.79 Å². The molecule has 0 aromatic rings. The molecule has 0 aliphatic carbocycles. The Hall–Kier alpha value is -0.630. The number of carbonyl (C=O) groups is 1. The summed E-state index contributed by atoms with van der Waals surface area (Å²) in [6, 6.07) is 1.04. The van der Waals surface area contributed by atoms with E-state index in [1.54, 1.807) is 0 Å². The molecule has 0 saturated carbocycles. The Bertz CT molecular complexity index is 244. The first-order valence-electron chi connectivity index (χ1n) is 5.30. The summed E-state index contributed by atoms with van der Waals surface area (Å²) in [6.45, 7) is 1.94. The molecule has 0 unspecified atom stereocenters. The Morgan fingerprint density at radius 3 is 3.15 bits per heavy atom. The van der Waals surface area contributed by atoms with Crippen molar-refractivity contribution in [2.24, 2.45) is 0 Å². The zero-order chi connectivity index (χ0) is 9.26. The number of hydrogen-bond acceptors (Lipinski definition) is 2. The van der Waals surface area contributed by atoms with Crippen LogP contribution in [0.25, 0.3) is 0 Å². The standard InChI is InChI=1S/C11H17NO/c1-2-11(13)9-5-3-4-8-6-7-10(9)12-8/h5,8,10,12H,2-4,6-7H2,1H3/t8-,10-/m1/s1. The van der Waals surface area contributed by atoms with Gasteiger partial charge in [-0.15, -0.1) is 0 Å². The lowest BCUT2D eigenvalue weighted by atomic mass is 9.96. The molecule has 1 N–H and O–H groups in total. The van der Waals surface area contributed by atoms with Gasteiger partial charge in [0.2, 0.25) is 0 Å². The summed E-state index contributed by atoms with van der Waals surface area (Å²) < 4.78 is 0. The van der Waals surface area contributed by atoms with Gasteiger partial charge in [0.25, 0.3) is 0 Å². The maximum Gasteiger partial charge on any atom is 0.159 e. The molecule has 1 fully saturated rings. The molecule has 0 aromatic carbocycles. The van der Waals surface area contributed by atoms with Crippen LogP contribution < -0.4 is 5.32 Å². The van der Waals surface area contributed by atoms with E-state index in [4.69, 9.17) is 0 Å². The maximum absolute atomic E-state index is 11.6. The number of Topliss-reactive ketones (excluding diaryl/α,β-unsaturated/α-hetero) is 1. The fourth-order valence-corrected chi connectivity index (χ4v) is 2.39. The van der Waals surface area contributed by atoms with Gasteiger partial charge in [-0.25, -0.2) is 0 Å². The van der Waals surface area contributed by atoms with Crippen molar-refractivity contribution in [3.8, 4) is 0 Å². The summed E-state index contributed by atoms with van der Waals surface area (Å²) in [5.74, 6) is 0.333. The van der Waals surface area contributed by atoms with E-state index in [2.05, 4.69) is 11.4 Å². The number of ketones is 1. The lowest BCUT2D eigenvalue weighted by molar-refractivity contribution is -0.115. The van der Waals surface area contributed by atoms with E-state index in [0.29, 0.717) is 24.3 Å². The van der Waals surface area contributed by atoms with Gasteiger partial charge < -0.3 is 5.32 Å². The summed E-state index contributed by atoms with van der Waals surface area (Å²) in [7, 11) is 0. The molecule has 2 bridgehead atoms. The Kier molecular flexibility index (Phi) is 2.49. The van der Waals surface area contributed by atoms with Gasteiger partial charge in [-0.05, 0) is 25.7 Å². The first-order valence-corrected chi connectivity index (χ1v) is 5.30. The molecular formula is C11H17NO. The van der Waals surface area contributed by atoms with Crippen LogP contribution in [-0.2, 0) is 4.79 Å². The molecule has 2 heterocycles. The van der Waals surface area contributed by atoms with E-state index in [1.807, 2.05) is 6.92 Å². The number of fused-ring (bicyclic) bond motifs is 2. The second-order valence-corrected chi connectivity index (χ2v) is 4.01. The van der Waals surface area contributed by atoms with Crippen LogP contribution >= 0.6 is 0 Å². The predicted molar refractivity (Wildman–Crippen MR) is 52.6 cm³/mol. The SMILES string of the molecule is CCC(=O)C1=CCC[C@@H]2CC[C@H]1N2. The normalized spacial score (nSPS) is 32.5. The van der Waals surface area contributed by atoms with Gasteiger partial charge >= 0.3 is 0 Å². The molecule has 13 heavy (non-hydrogen) atoms. The minimum atomic E-state index is 0.333. The molecule has 2 aliphatic rings. The molecule has 1 saturated heterocycles. The van der Waals surface area contributed by atoms with Crippen molar-refractivity contribution in [2.75, 3.05) is 0 Å². The molecule has 0 radical (unpaired) electrons. The highest BCUT2D eigenvalue weighted by molar-refractivity contribution is 5.96. The van der Waals surface area contributed by atoms with Gasteiger partial charge in [0.15, 0.2) is 5.78 Å². The highest BCUT2D eigenvalue weighted by atomic mass is 16.1. The van der Waals surface area contributed by atoms with Crippen LogP contribution in [0.1, 0.15) is 39.0 Å². The van der Waals surface area contributed by atoms with E-state index < -0.39 is 0 Å². The van der Waals surface area contributed by atoms with E-state index >= 15 is 0 Å². The largest absolute Gasteiger partial charge is 0.307 e. The minimum Gasteiger partial charge on any atom is -0.307 e. The van der Waals surface area contributed by atoms with Crippen molar-refractivity contribution in [2.45, 2.75) is 51.1 Å². The lowest BCUT2D eigenvalue weighted by Gasteiger charge is -2.12. The van der Waals surface area contributed by atoms with Crippen LogP contribution in [0.2, 0.25) is 0 Å². The number of hydrogen-bond donors (Lipinski definition) is 1. The van der Waals surface area contributed by atoms with Crippen LogP contribution in [0.5, 0.6) is 0 Å². The number of nitrogens with one attached hydrogen (secondary N) is 1. The molecule has 0 spiro atoms. The van der Waals surface area contributed by atoms with Crippen molar-refractivity contribution in [3.05, 3.63) is 11.6 Å². The predicted octanol–water partition coefficient (Wildman–Crippen LogP) is 1.81. The molecule has 2 heteroatoms. The fraction of sp³-hybridized carbons (Fsp3) is 0.727. The topological polar surface area (TPSA) is 29.1 Å². The highest BCUT2D eigenvalue weighted by Gasteiger charge is 2.30. The van der Waals surface area contributed by atoms with Crippen molar-refractivity contribution in [3.63, 3.8) is 0 Å². The number of rotatable bonds is 2. The third kappa shape index (κ3) is 1.68. The molecule has 2 nitrogen and oxygen atoms in total. The van der Waals surface area contributed by atoms with Crippen LogP contribution in [0, 0.1) is 0 Å². The molecule has 0 amide bonds. The average Bonchev–Trinajstić information content (AvgIpc) is 2.46. The number of carbonyl (C=O) groups excluding carboxylic acids is 1. The molecule has 72 valence electrons. The summed E-state index contributed by atoms with van der Waals surface area (Å²) in [5, 5.41) is 3.53. The Morgan fingerprint density at radius 2 is 2.38 bits per heavy atom. The van der Waals surface area contributed by atoms with E-state index in [0.717, 1.165) is 18.4 Å². The summed E-state index contributed by atoms with van der Waals surface area (Å²) >= 11 is 0. The number of allylic oxidation sites excluding steroid dienone is 1. The highest BCUT2D eigenvalue weighted by Crippen LogP contribution is 2.26. The summed E-state index contributed by atoms with van der Waals surface area (Å²) in [5.41, 5.74) is 1.06. The van der Waals surface area contributed by atoms with Crippen molar-refractivity contribution < 1.29 is 4.79 Å².